The predicted molar refractivity (Wildman–Crippen MR) is 51.5 cm³/mol. The van der Waals surface area contributed by atoms with Crippen molar-refractivity contribution in [2.24, 2.45) is 0 Å². The standard InChI is InChI=1S/C10H10N4/c1(9-3-11-7-12-4-9)2-10-5-13-8-14-6-10/h3-8H,1-2H2. The molecule has 0 aliphatic rings. The summed E-state index contributed by atoms with van der Waals surface area (Å²) in [5.74, 6) is 0. The van der Waals surface area contributed by atoms with Crippen LogP contribution in [0.1, 0.15) is 11.1 Å². The minimum absolute atomic E-state index is 0.925. The third kappa shape index (κ3) is 2.32. The number of aryl methyl sites for hydroxylation is 2. The molecule has 2 rings (SSSR count). The first-order chi connectivity index (χ1) is 6.95. The molecule has 0 atom stereocenters. The highest BCUT2D eigenvalue weighted by Crippen LogP contribution is 2.02. The normalized spacial score (nSPS) is 10.0. The van der Waals surface area contributed by atoms with Crippen LogP contribution in [0, 0.1) is 0 Å². The summed E-state index contributed by atoms with van der Waals surface area (Å²) in [7, 11) is 0. The van der Waals surface area contributed by atoms with E-state index >= 15 is 0 Å². The van der Waals surface area contributed by atoms with Gasteiger partial charge in [-0.05, 0) is 24.0 Å². The average molecular weight is 186 g/mol. The van der Waals surface area contributed by atoms with Gasteiger partial charge in [0.15, 0.2) is 0 Å². The smallest absolute Gasteiger partial charge is 0.115 e. The molecule has 0 saturated heterocycles. The Hall–Kier alpha value is -1.84. The molecule has 4 nitrogen and oxygen atoms in total. The first-order valence-electron chi connectivity index (χ1n) is 4.43. The zero-order valence-corrected chi connectivity index (χ0v) is 7.67. The van der Waals surface area contributed by atoms with Gasteiger partial charge in [-0.3, -0.25) is 0 Å². The third-order valence-electron chi connectivity index (χ3n) is 1.93. The van der Waals surface area contributed by atoms with E-state index in [1.54, 1.807) is 0 Å². The fourth-order valence-corrected chi connectivity index (χ4v) is 1.21. The van der Waals surface area contributed by atoms with E-state index in [1.807, 2.05) is 24.8 Å². The summed E-state index contributed by atoms with van der Waals surface area (Å²) in [5.41, 5.74) is 2.27. The van der Waals surface area contributed by atoms with E-state index in [9.17, 15) is 0 Å². The van der Waals surface area contributed by atoms with Crippen molar-refractivity contribution in [3.8, 4) is 0 Å². The van der Waals surface area contributed by atoms with Crippen molar-refractivity contribution in [1.29, 1.82) is 0 Å². The Kier molecular flexibility index (Phi) is 2.76. The van der Waals surface area contributed by atoms with E-state index < -0.39 is 0 Å². The summed E-state index contributed by atoms with van der Waals surface area (Å²) in [4.78, 5) is 15.8. The zero-order chi connectivity index (χ0) is 9.64. The molecule has 0 fully saturated rings. The van der Waals surface area contributed by atoms with E-state index in [1.165, 1.54) is 12.7 Å². The summed E-state index contributed by atoms with van der Waals surface area (Å²) in [5, 5.41) is 0. The maximum atomic E-state index is 3.95. The van der Waals surface area contributed by atoms with E-state index in [-0.39, 0.29) is 0 Å². The van der Waals surface area contributed by atoms with E-state index in [0.29, 0.717) is 0 Å². The van der Waals surface area contributed by atoms with Crippen LogP contribution >= 0.6 is 0 Å². The maximum absolute atomic E-state index is 3.95. The second kappa shape index (κ2) is 4.41. The van der Waals surface area contributed by atoms with Crippen LogP contribution in [0.15, 0.2) is 37.4 Å². The third-order valence-corrected chi connectivity index (χ3v) is 1.93. The Labute approximate surface area is 82.1 Å². The molecular weight excluding hydrogens is 176 g/mol. The van der Waals surface area contributed by atoms with Gasteiger partial charge in [0.1, 0.15) is 12.7 Å². The lowest BCUT2D eigenvalue weighted by molar-refractivity contribution is 0.912. The van der Waals surface area contributed by atoms with Crippen LogP contribution in [0.2, 0.25) is 0 Å². The van der Waals surface area contributed by atoms with Gasteiger partial charge in [0, 0.05) is 24.8 Å². The fourth-order valence-electron chi connectivity index (χ4n) is 1.21. The van der Waals surface area contributed by atoms with Gasteiger partial charge >= 0.3 is 0 Å². The van der Waals surface area contributed by atoms with Crippen molar-refractivity contribution >= 4 is 0 Å². The summed E-state index contributed by atoms with van der Waals surface area (Å²) in [6, 6.07) is 0. The number of aromatic nitrogens is 4. The Morgan fingerprint density at radius 2 is 1.00 bits per heavy atom. The van der Waals surface area contributed by atoms with E-state index in [4.69, 9.17) is 0 Å². The molecule has 0 spiro atoms. The van der Waals surface area contributed by atoms with Crippen molar-refractivity contribution in [2.75, 3.05) is 0 Å². The predicted octanol–water partition coefficient (Wildman–Crippen LogP) is 1.05. The molecule has 0 radical (unpaired) electrons. The highest BCUT2D eigenvalue weighted by Gasteiger charge is 1.95. The number of hydrogen-bond acceptors (Lipinski definition) is 4. The quantitative estimate of drug-likeness (QED) is 0.719. The van der Waals surface area contributed by atoms with E-state index in [2.05, 4.69) is 19.9 Å². The Bertz CT molecular complexity index is 334. The maximum Gasteiger partial charge on any atom is 0.115 e. The van der Waals surface area contributed by atoms with Crippen LogP contribution in [0.3, 0.4) is 0 Å². The average Bonchev–Trinajstić information content (AvgIpc) is 2.29. The monoisotopic (exact) mass is 186 g/mol. The minimum Gasteiger partial charge on any atom is -0.245 e. The van der Waals surface area contributed by atoms with Gasteiger partial charge in [0.25, 0.3) is 0 Å². The first-order valence-corrected chi connectivity index (χ1v) is 4.43. The molecule has 0 N–H and O–H groups in total. The first kappa shape index (κ1) is 8.74. The van der Waals surface area contributed by atoms with Crippen LogP contribution in [-0.2, 0) is 12.8 Å². The lowest BCUT2D eigenvalue weighted by atomic mass is 10.1. The largest absolute Gasteiger partial charge is 0.245 e. The van der Waals surface area contributed by atoms with Crippen LogP contribution in [0.5, 0.6) is 0 Å². The Morgan fingerprint density at radius 1 is 0.643 bits per heavy atom. The van der Waals surface area contributed by atoms with Crippen LogP contribution in [-0.4, -0.2) is 19.9 Å². The van der Waals surface area contributed by atoms with Crippen molar-refractivity contribution in [3.05, 3.63) is 48.6 Å². The molecular formula is C10H10N4. The van der Waals surface area contributed by atoms with Gasteiger partial charge in [-0.15, -0.1) is 0 Å². The Morgan fingerprint density at radius 3 is 1.36 bits per heavy atom. The highest BCUT2D eigenvalue weighted by atomic mass is 14.8. The zero-order valence-electron chi connectivity index (χ0n) is 7.67. The number of nitrogens with zero attached hydrogens (tertiary/aromatic N) is 4. The van der Waals surface area contributed by atoms with Gasteiger partial charge in [-0.25, -0.2) is 19.9 Å². The molecule has 70 valence electrons. The molecule has 0 aromatic carbocycles. The molecule has 0 amide bonds. The number of rotatable bonds is 3. The molecule has 14 heavy (non-hydrogen) atoms. The molecule has 0 unspecified atom stereocenters. The highest BCUT2D eigenvalue weighted by molar-refractivity contribution is 5.09. The summed E-state index contributed by atoms with van der Waals surface area (Å²) < 4.78 is 0. The molecule has 4 heteroatoms. The minimum atomic E-state index is 0.925. The van der Waals surface area contributed by atoms with Crippen LogP contribution in [0.25, 0.3) is 0 Å². The van der Waals surface area contributed by atoms with Gasteiger partial charge in [-0.2, -0.15) is 0 Å². The van der Waals surface area contributed by atoms with Crippen molar-refractivity contribution in [1.82, 2.24) is 19.9 Å². The Balaban J connectivity index is 1.96. The lowest BCUT2D eigenvalue weighted by Gasteiger charge is -1.99. The SMILES string of the molecule is c1ncc(CCc2cncnc2)cn1. The summed E-state index contributed by atoms with van der Waals surface area (Å²) >= 11 is 0. The summed E-state index contributed by atoms with van der Waals surface area (Å²) in [6.07, 6.45) is 12.2. The molecule has 2 heterocycles. The number of hydrogen-bond donors (Lipinski definition) is 0. The summed E-state index contributed by atoms with van der Waals surface area (Å²) in [6.45, 7) is 0. The molecule has 0 aliphatic carbocycles. The van der Waals surface area contributed by atoms with E-state index in [0.717, 1.165) is 24.0 Å². The van der Waals surface area contributed by atoms with Crippen molar-refractivity contribution in [3.63, 3.8) is 0 Å². The molecule has 2 aromatic heterocycles. The van der Waals surface area contributed by atoms with Gasteiger partial charge in [-0.1, -0.05) is 0 Å². The molecule has 0 saturated carbocycles. The van der Waals surface area contributed by atoms with Gasteiger partial charge < -0.3 is 0 Å². The topological polar surface area (TPSA) is 51.6 Å². The molecule has 0 bridgehead atoms. The second-order valence-corrected chi connectivity index (χ2v) is 2.99. The molecule has 0 aliphatic heterocycles. The van der Waals surface area contributed by atoms with Crippen molar-refractivity contribution in [2.45, 2.75) is 12.8 Å². The van der Waals surface area contributed by atoms with Crippen LogP contribution in [0.4, 0.5) is 0 Å². The second-order valence-electron chi connectivity index (χ2n) is 2.99. The lowest BCUT2D eigenvalue weighted by Crippen LogP contribution is -1.94. The molecule has 2 aromatic rings. The van der Waals surface area contributed by atoms with Gasteiger partial charge in [0.05, 0.1) is 0 Å². The van der Waals surface area contributed by atoms with Gasteiger partial charge in [0.2, 0.25) is 0 Å². The van der Waals surface area contributed by atoms with Crippen LogP contribution < -0.4 is 0 Å². The fraction of sp³-hybridized carbons (Fsp3) is 0.200. The van der Waals surface area contributed by atoms with Crippen molar-refractivity contribution < 1.29 is 0 Å².